The van der Waals surface area contributed by atoms with Crippen LogP contribution in [0.4, 0.5) is 8.78 Å². The summed E-state index contributed by atoms with van der Waals surface area (Å²) < 4.78 is 32.2. The number of nitrogens with zero attached hydrogens (tertiary/aromatic N) is 1. The fraction of sp³-hybridized carbons (Fsp3) is 0.214. The molecule has 0 aliphatic carbocycles. The van der Waals surface area contributed by atoms with Crippen LogP contribution in [0.2, 0.25) is 0 Å². The second kappa shape index (κ2) is 5.75. The molecule has 100 valence electrons. The van der Waals surface area contributed by atoms with Crippen molar-refractivity contribution < 1.29 is 13.5 Å². The van der Waals surface area contributed by atoms with Crippen LogP contribution in [0.5, 0.6) is 5.75 Å². The largest absolute Gasteiger partial charge is 0.481 e. The van der Waals surface area contributed by atoms with E-state index in [1.54, 1.807) is 31.5 Å². The Balaban J connectivity index is 2.29. The van der Waals surface area contributed by atoms with Crippen LogP contribution in [0.25, 0.3) is 0 Å². The van der Waals surface area contributed by atoms with Crippen molar-refractivity contribution in [2.45, 2.75) is 19.1 Å². The van der Waals surface area contributed by atoms with Gasteiger partial charge < -0.3 is 10.5 Å². The summed E-state index contributed by atoms with van der Waals surface area (Å²) in [6.45, 7) is 1.73. The maximum atomic E-state index is 13.6. The Hall–Kier alpha value is -2.01. The van der Waals surface area contributed by atoms with Crippen molar-refractivity contribution in [2.75, 3.05) is 0 Å². The van der Waals surface area contributed by atoms with Crippen molar-refractivity contribution in [3.63, 3.8) is 0 Å². The standard InChI is InChI=1S/C14H14F2N2O/c1-9(17)14(10-3-2-6-18-8-10)19-13-7-11(15)4-5-12(13)16/h2-9,14H,17H2,1H3. The molecule has 19 heavy (non-hydrogen) atoms. The first-order valence-electron chi connectivity index (χ1n) is 5.85. The minimum absolute atomic E-state index is 0.161. The average molecular weight is 264 g/mol. The van der Waals surface area contributed by atoms with Crippen molar-refractivity contribution in [1.29, 1.82) is 0 Å². The lowest BCUT2D eigenvalue weighted by Crippen LogP contribution is -2.29. The number of rotatable bonds is 4. The summed E-state index contributed by atoms with van der Waals surface area (Å²) in [6.07, 6.45) is 2.61. The van der Waals surface area contributed by atoms with Gasteiger partial charge in [-0.1, -0.05) is 6.07 Å². The van der Waals surface area contributed by atoms with Gasteiger partial charge in [-0.05, 0) is 25.1 Å². The van der Waals surface area contributed by atoms with Gasteiger partial charge in [0, 0.05) is 30.1 Å². The molecule has 2 rings (SSSR count). The number of hydrogen-bond acceptors (Lipinski definition) is 3. The van der Waals surface area contributed by atoms with Crippen LogP contribution >= 0.6 is 0 Å². The number of nitrogens with two attached hydrogens (primary N) is 1. The zero-order valence-corrected chi connectivity index (χ0v) is 10.4. The second-order valence-electron chi connectivity index (χ2n) is 4.26. The predicted molar refractivity (Wildman–Crippen MR) is 67.6 cm³/mol. The number of hydrogen-bond donors (Lipinski definition) is 1. The quantitative estimate of drug-likeness (QED) is 0.923. The van der Waals surface area contributed by atoms with E-state index in [-0.39, 0.29) is 5.75 Å². The molecule has 0 saturated heterocycles. The summed E-state index contributed by atoms with van der Waals surface area (Å²) >= 11 is 0. The van der Waals surface area contributed by atoms with Gasteiger partial charge in [0.25, 0.3) is 0 Å². The average Bonchev–Trinajstić information content (AvgIpc) is 2.40. The monoisotopic (exact) mass is 264 g/mol. The molecule has 0 radical (unpaired) electrons. The van der Waals surface area contributed by atoms with Crippen molar-refractivity contribution in [2.24, 2.45) is 5.73 Å². The molecular weight excluding hydrogens is 250 g/mol. The normalized spacial score (nSPS) is 13.9. The highest BCUT2D eigenvalue weighted by Gasteiger charge is 2.20. The van der Waals surface area contributed by atoms with Crippen LogP contribution in [0.15, 0.2) is 42.7 Å². The molecule has 1 aromatic carbocycles. The van der Waals surface area contributed by atoms with Crippen LogP contribution < -0.4 is 10.5 Å². The van der Waals surface area contributed by atoms with Gasteiger partial charge in [-0.3, -0.25) is 4.98 Å². The Morgan fingerprint density at radius 3 is 2.68 bits per heavy atom. The van der Waals surface area contributed by atoms with Crippen LogP contribution in [-0.4, -0.2) is 11.0 Å². The molecule has 0 spiro atoms. The maximum absolute atomic E-state index is 13.6. The van der Waals surface area contributed by atoms with E-state index in [1.807, 2.05) is 0 Å². The van der Waals surface area contributed by atoms with E-state index < -0.39 is 23.8 Å². The molecule has 2 unspecified atom stereocenters. The molecule has 0 aliphatic rings. The highest BCUT2D eigenvalue weighted by Crippen LogP contribution is 2.26. The molecule has 0 fully saturated rings. The number of ether oxygens (including phenoxy) is 1. The molecule has 2 N–H and O–H groups in total. The zero-order chi connectivity index (χ0) is 13.8. The van der Waals surface area contributed by atoms with Crippen molar-refractivity contribution in [3.05, 3.63) is 59.9 Å². The summed E-state index contributed by atoms with van der Waals surface area (Å²) in [6, 6.07) is 6.17. The minimum Gasteiger partial charge on any atom is -0.481 e. The third-order valence-electron chi connectivity index (χ3n) is 2.64. The molecule has 0 amide bonds. The fourth-order valence-electron chi connectivity index (χ4n) is 1.73. The second-order valence-corrected chi connectivity index (χ2v) is 4.26. The van der Waals surface area contributed by atoms with E-state index >= 15 is 0 Å². The van der Waals surface area contributed by atoms with Gasteiger partial charge >= 0.3 is 0 Å². The maximum Gasteiger partial charge on any atom is 0.165 e. The summed E-state index contributed by atoms with van der Waals surface area (Å²) in [4.78, 5) is 3.97. The number of aromatic nitrogens is 1. The molecule has 2 aromatic rings. The highest BCUT2D eigenvalue weighted by molar-refractivity contribution is 5.27. The lowest BCUT2D eigenvalue weighted by atomic mass is 10.1. The van der Waals surface area contributed by atoms with E-state index in [0.717, 1.165) is 18.2 Å². The molecule has 5 heteroatoms. The smallest absolute Gasteiger partial charge is 0.165 e. The fourth-order valence-corrected chi connectivity index (χ4v) is 1.73. The molecule has 0 saturated carbocycles. The number of halogens is 2. The Bertz CT molecular complexity index is 546. The van der Waals surface area contributed by atoms with Gasteiger partial charge in [-0.15, -0.1) is 0 Å². The van der Waals surface area contributed by atoms with Crippen LogP contribution in [-0.2, 0) is 0 Å². The first-order chi connectivity index (χ1) is 9.08. The summed E-state index contributed by atoms with van der Waals surface area (Å²) in [5.41, 5.74) is 6.55. The van der Waals surface area contributed by atoms with Gasteiger partial charge in [0.2, 0.25) is 0 Å². The van der Waals surface area contributed by atoms with Crippen LogP contribution in [0.3, 0.4) is 0 Å². The van der Waals surface area contributed by atoms with Gasteiger partial charge in [-0.25, -0.2) is 8.78 Å². The third-order valence-corrected chi connectivity index (χ3v) is 2.64. The van der Waals surface area contributed by atoms with E-state index in [4.69, 9.17) is 10.5 Å². The van der Waals surface area contributed by atoms with Crippen molar-refractivity contribution in [1.82, 2.24) is 4.98 Å². The van der Waals surface area contributed by atoms with Gasteiger partial charge in [0.1, 0.15) is 11.9 Å². The minimum atomic E-state index is -0.629. The van der Waals surface area contributed by atoms with Crippen LogP contribution in [0, 0.1) is 11.6 Å². The Labute approximate surface area is 110 Å². The molecule has 0 aliphatic heterocycles. The SMILES string of the molecule is CC(N)C(Oc1cc(F)ccc1F)c1cccnc1. The van der Waals surface area contributed by atoms with E-state index in [9.17, 15) is 8.78 Å². The lowest BCUT2D eigenvalue weighted by Gasteiger charge is -2.22. The van der Waals surface area contributed by atoms with E-state index in [0.29, 0.717) is 5.56 Å². The summed E-state index contributed by atoms with van der Waals surface area (Å²) in [7, 11) is 0. The first kappa shape index (κ1) is 13.4. The van der Waals surface area contributed by atoms with Gasteiger partial charge in [-0.2, -0.15) is 0 Å². The molecular formula is C14H14F2N2O. The van der Waals surface area contributed by atoms with Crippen molar-refractivity contribution >= 4 is 0 Å². The predicted octanol–water partition coefficient (Wildman–Crippen LogP) is 2.83. The molecule has 0 bridgehead atoms. The Kier molecular flexibility index (Phi) is 4.06. The summed E-state index contributed by atoms with van der Waals surface area (Å²) in [5, 5.41) is 0. The summed E-state index contributed by atoms with van der Waals surface area (Å²) in [5.74, 6) is -1.35. The highest BCUT2D eigenvalue weighted by atomic mass is 19.1. The van der Waals surface area contributed by atoms with Gasteiger partial charge in [0.15, 0.2) is 11.6 Å². The molecule has 2 atom stereocenters. The third kappa shape index (κ3) is 3.26. The van der Waals surface area contributed by atoms with Crippen LogP contribution in [0.1, 0.15) is 18.6 Å². The Morgan fingerprint density at radius 1 is 1.26 bits per heavy atom. The topological polar surface area (TPSA) is 48.1 Å². The number of benzene rings is 1. The molecule has 1 heterocycles. The molecule has 3 nitrogen and oxygen atoms in total. The zero-order valence-electron chi connectivity index (χ0n) is 10.4. The Morgan fingerprint density at radius 2 is 2.05 bits per heavy atom. The van der Waals surface area contributed by atoms with E-state index in [2.05, 4.69) is 4.98 Å². The number of pyridine rings is 1. The lowest BCUT2D eigenvalue weighted by molar-refractivity contribution is 0.171. The van der Waals surface area contributed by atoms with Gasteiger partial charge in [0.05, 0.1) is 0 Å². The first-order valence-corrected chi connectivity index (χ1v) is 5.85. The van der Waals surface area contributed by atoms with E-state index in [1.165, 1.54) is 0 Å². The molecule has 1 aromatic heterocycles. The van der Waals surface area contributed by atoms with Crippen molar-refractivity contribution in [3.8, 4) is 5.75 Å².